The van der Waals surface area contributed by atoms with Crippen LogP contribution in [0.4, 0.5) is 5.95 Å². The summed E-state index contributed by atoms with van der Waals surface area (Å²) >= 11 is 0. The van der Waals surface area contributed by atoms with Gasteiger partial charge in [0.25, 0.3) is 5.56 Å². The van der Waals surface area contributed by atoms with Crippen LogP contribution in [0.25, 0.3) is 0 Å². The fraction of sp³-hybridized carbons (Fsp3) is 0.500. The lowest BCUT2D eigenvalue weighted by Gasteiger charge is -2.16. The third kappa shape index (κ3) is 3.70. The lowest BCUT2D eigenvalue weighted by molar-refractivity contribution is 0.319. The summed E-state index contributed by atoms with van der Waals surface area (Å²) in [5, 5.41) is 8.17. The van der Waals surface area contributed by atoms with E-state index in [0.717, 1.165) is 37.4 Å². The molecule has 0 spiro atoms. The van der Waals surface area contributed by atoms with E-state index in [-0.39, 0.29) is 11.5 Å². The van der Waals surface area contributed by atoms with Crippen molar-refractivity contribution in [3.63, 3.8) is 0 Å². The Balaban J connectivity index is 1.67. The van der Waals surface area contributed by atoms with Crippen molar-refractivity contribution in [1.82, 2.24) is 25.1 Å². The number of aromatic amines is 1. The van der Waals surface area contributed by atoms with Crippen LogP contribution in [-0.2, 0) is 6.54 Å². The number of nitrogens with one attached hydrogen (secondary N) is 1. The van der Waals surface area contributed by atoms with E-state index in [1.54, 1.807) is 13.2 Å². The first kappa shape index (κ1) is 16.4. The highest BCUT2D eigenvalue weighted by atomic mass is 16.5. The molecule has 1 atom stereocenters. The van der Waals surface area contributed by atoms with Crippen molar-refractivity contribution in [2.75, 3.05) is 39.2 Å². The highest BCUT2D eigenvalue weighted by molar-refractivity contribution is 5.28. The molecule has 1 aliphatic rings. The van der Waals surface area contributed by atoms with E-state index in [9.17, 15) is 4.79 Å². The first-order valence-electron chi connectivity index (χ1n) is 7.92. The maximum Gasteiger partial charge on any atom is 0.252 e. The Kier molecular flexibility index (Phi) is 4.75. The smallest absolute Gasteiger partial charge is 0.252 e. The largest absolute Gasteiger partial charge is 0.480 e. The Bertz CT molecular complexity index is 743. The maximum atomic E-state index is 11.8. The summed E-state index contributed by atoms with van der Waals surface area (Å²) < 4.78 is 5.02. The fourth-order valence-corrected chi connectivity index (χ4v) is 2.87. The lowest BCUT2D eigenvalue weighted by Crippen LogP contribution is -2.23. The SMILES string of the molecule is COc1ccc(CN2CCC(c3cc(=O)[nH]c(N(C)C)n3)C2)nn1. The molecule has 2 aromatic heterocycles. The van der Waals surface area contributed by atoms with Crippen LogP contribution in [0, 0.1) is 0 Å². The van der Waals surface area contributed by atoms with Crippen LogP contribution < -0.4 is 15.2 Å². The first-order chi connectivity index (χ1) is 11.5. The standard InChI is InChI=1S/C16H22N6O2/c1-21(2)16-17-13(8-14(23)18-16)11-6-7-22(9-11)10-12-4-5-15(24-3)20-19-12/h4-5,8,11H,6-7,9-10H2,1-3H3,(H,17,18,23). The molecule has 0 amide bonds. The second-order valence-corrected chi connectivity index (χ2v) is 6.18. The van der Waals surface area contributed by atoms with E-state index < -0.39 is 0 Å². The molecule has 0 bridgehead atoms. The Hall–Kier alpha value is -2.48. The number of aromatic nitrogens is 4. The number of likely N-dealkylation sites (tertiary alicyclic amines) is 1. The van der Waals surface area contributed by atoms with E-state index in [1.165, 1.54) is 0 Å². The zero-order valence-electron chi connectivity index (χ0n) is 14.2. The van der Waals surface area contributed by atoms with Crippen LogP contribution in [0.15, 0.2) is 23.0 Å². The van der Waals surface area contributed by atoms with Gasteiger partial charge in [-0.2, -0.15) is 5.10 Å². The topological polar surface area (TPSA) is 87.2 Å². The fourth-order valence-electron chi connectivity index (χ4n) is 2.87. The number of H-pyrrole nitrogens is 1. The minimum atomic E-state index is -0.108. The minimum absolute atomic E-state index is 0.108. The molecule has 0 aliphatic carbocycles. The van der Waals surface area contributed by atoms with Gasteiger partial charge in [-0.15, -0.1) is 5.10 Å². The summed E-state index contributed by atoms with van der Waals surface area (Å²) in [5.74, 6) is 1.37. The van der Waals surface area contributed by atoms with Gasteiger partial charge in [-0.05, 0) is 19.0 Å². The number of hydrogen-bond acceptors (Lipinski definition) is 7. The molecule has 8 nitrogen and oxygen atoms in total. The molecular formula is C16H22N6O2. The van der Waals surface area contributed by atoms with Gasteiger partial charge in [0.15, 0.2) is 0 Å². The van der Waals surface area contributed by atoms with Gasteiger partial charge >= 0.3 is 0 Å². The van der Waals surface area contributed by atoms with Crippen LogP contribution in [0.3, 0.4) is 0 Å². The number of hydrogen-bond donors (Lipinski definition) is 1. The van der Waals surface area contributed by atoms with Crippen molar-refractivity contribution >= 4 is 5.95 Å². The van der Waals surface area contributed by atoms with Gasteiger partial charge in [0.05, 0.1) is 18.5 Å². The molecule has 1 saturated heterocycles. The van der Waals surface area contributed by atoms with Gasteiger partial charge in [0.2, 0.25) is 11.8 Å². The Labute approximate surface area is 140 Å². The molecule has 8 heteroatoms. The molecule has 3 rings (SSSR count). The van der Waals surface area contributed by atoms with Crippen molar-refractivity contribution in [1.29, 1.82) is 0 Å². The van der Waals surface area contributed by atoms with Crippen LogP contribution >= 0.6 is 0 Å². The van der Waals surface area contributed by atoms with Crippen molar-refractivity contribution in [2.24, 2.45) is 0 Å². The average molecular weight is 330 g/mol. The van der Waals surface area contributed by atoms with Gasteiger partial charge in [-0.3, -0.25) is 14.7 Å². The van der Waals surface area contributed by atoms with Crippen molar-refractivity contribution in [3.8, 4) is 5.88 Å². The third-order valence-corrected chi connectivity index (χ3v) is 4.15. The molecule has 24 heavy (non-hydrogen) atoms. The molecule has 1 N–H and O–H groups in total. The number of methoxy groups -OCH3 is 1. The quantitative estimate of drug-likeness (QED) is 0.860. The predicted octanol–water partition coefficient (Wildman–Crippen LogP) is 0.624. The van der Waals surface area contributed by atoms with E-state index in [2.05, 4.69) is 25.1 Å². The summed E-state index contributed by atoms with van der Waals surface area (Å²) in [5.41, 5.74) is 1.65. The molecule has 1 fully saturated rings. The van der Waals surface area contributed by atoms with Gasteiger partial charge < -0.3 is 9.64 Å². The van der Waals surface area contributed by atoms with E-state index in [1.807, 2.05) is 31.1 Å². The van der Waals surface area contributed by atoms with Gasteiger partial charge in [-0.25, -0.2) is 4.98 Å². The number of anilines is 1. The lowest BCUT2D eigenvalue weighted by atomic mass is 10.1. The summed E-state index contributed by atoms with van der Waals surface area (Å²) in [4.78, 5) is 23.3. The normalized spacial score (nSPS) is 17.9. The maximum absolute atomic E-state index is 11.8. The third-order valence-electron chi connectivity index (χ3n) is 4.15. The predicted molar refractivity (Wildman–Crippen MR) is 90.4 cm³/mol. The molecule has 1 aliphatic heterocycles. The number of rotatable bonds is 5. The summed E-state index contributed by atoms with van der Waals surface area (Å²) in [6.07, 6.45) is 0.979. The molecule has 0 aromatic carbocycles. The molecule has 1 unspecified atom stereocenters. The van der Waals surface area contributed by atoms with Crippen molar-refractivity contribution in [3.05, 3.63) is 39.9 Å². The van der Waals surface area contributed by atoms with E-state index in [4.69, 9.17) is 4.74 Å². The van der Waals surface area contributed by atoms with Crippen LogP contribution in [0.2, 0.25) is 0 Å². The Morgan fingerprint density at radius 1 is 1.38 bits per heavy atom. The first-order valence-corrected chi connectivity index (χ1v) is 7.92. The Morgan fingerprint density at radius 3 is 2.88 bits per heavy atom. The van der Waals surface area contributed by atoms with Crippen LogP contribution in [-0.4, -0.2) is 59.4 Å². The van der Waals surface area contributed by atoms with Gasteiger partial charge in [-0.1, -0.05) is 0 Å². The zero-order chi connectivity index (χ0) is 17.1. The average Bonchev–Trinajstić information content (AvgIpc) is 3.03. The summed E-state index contributed by atoms with van der Waals surface area (Å²) in [7, 11) is 5.31. The highest BCUT2D eigenvalue weighted by Crippen LogP contribution is 2.26. The van der Waals surface area contributed by atoms with Gasteiger partial charge in [0, 0.05) is 45.2 Å². The molecular weight excluding hydrogens is 308 g/mol. The molecule has 128 valence electrons. The minimum Gasteiger partial charge on any atom is -0.480 e. The van der Waals surface area contributed by atoms with Crippen molar-refractivity contribution < 1.29 is 4.74 Å². The molecule has 2 aromatic rings. The molecule has 3 heterocycles. The summed E-state index contributed by atoms with van der Waals surface area (Å²) in [6.45, 7) is 2.54. The molecule has 0 saturated carbocycles. The second kappa shape index (κ2) is 6.96. The van der Waals surface area contributed by atoms with Crippen LogP contribution in [0.5, 0.6) is 5.88 Å². The number of ether oxygens (including phenoxy) is 1. The zero-order valence-corrected chi connectivity index (χ0v) is 14.2. The van der Waals surface area contributed by atoms with Crippen molar-refractivity contribution in [2.45, 2.75) is 18.9 Å². The summed E-state index contributed by atoms with van der Waals surface area (Å²) in [6, 6.07) is 5.35. The number of nitrogens with zero attached hydrogens (tertiary/aromatic N) is 5. The monoisotopic (exact) mass is 330 g/mol. The Morgan fingerprint density at radius 2 is 2.21 bits per heavy atom. The van der Waals surface area contributed by atoms with E-state index >= 15 is 0 Å². The van der Waals surface area contributed by atoms with Gasteiger partial charge in [0.1, 0.15) is 0 Å². The second-order valence-electron chi connectivity index (χ2n) is 6.18. The van der Waals surface area contributed by atoms with Crippen LogP contribution in [0.1, 0.15) is 23.7 Å². The molecule has 0 radical (unpaired) electrons. The highest BCUT2D eigenvalue weighted by Gasteiger charge is 2.26. The van der Waals surface area contributed by atoms with E-state index in [0.29, 0.717) is 11.8 Å².